The van der Waals surface area contributed by atoms with Crippen LogP contribution in [0.25, 0.3) is 54.6 Å². The Hall–Kier alpha value is -3.58. The highest BCUT2D eigenvalue weighted by Gasteiger charge is 2.14. The van der Waals surface area contributed by atoms with Crippen LogP contribution in [-0.2, 0) is 0 Å². The smallest absolute Gasteiger partial charge is 0.136 e. The molecule has 28 heavy (non-hydrogen) atoms. The van der Waals surface area contributed by atoms with Gasteiger partial charge in [-0.25, -0.2) is 0 Å². The van der Waals surface area contributed by atoms with Crippen molar-refractivity contribution in [2.75, 3.05) is 0 Å². The Morgan fingerprint density at radius 3 is 1.71 bits per heavy atom. The molecule has 0 aliphatic carbocycles. The quantitative estimate of drug-likeness (QED) is 0.273. The average molecular weight is 358 g/mol. The van der Waals surface area contributed by atoms with Gasteiger partial charge in [0.05, 0.1) is 0 Å². The third-order valence-corrected chi connectivity index (χ3v) is 5.87. The van der Waals surface area contributed by atoms with E-state index in [1.54, 1.807) is 0 Å². The summed E-state index contributed by atoms with van der Waals surface area (Å²) in [4.78, 5) is 0. The van der Waals surface area contributed by atoms with Crippen LogP contribution in [0, 0.1) is 6.92 Å². The molecule has 0 saturated heterocycles. The summed E-state index contributed by atoms with van der Waals surface area (Å²) in [6, 6.07) is 32.3. The highest BCUT2D eigenvalue weighted by molar-refractivity contribution is 6.16. The van der Waals surface area contributed by atoms with Crippen molar-refractivity contribution < 1.29 is 4.42 Å². The second-order valence-corrected chi connectivity index (χ2v) is 7.40. The van der Waals surface area contributed by atoms with Crippen molar-refractivity contribution >= 4 is 43.5 Å². The molecule has 0 fully saturated rings. The minimum Gasteiger partial charge on any atom is -0.456 e. The number of rotatable bonds is 1. The Kier molecular flexibility index (Phi) is 3.15. The van der Waals surface area contributed by atoms with E-state index >= 15 is 0 Å². The minimum absolute atomic E-state index is 0.937. The monoisotopic (exact) mass is 358 g/mol. The Balaban J connectivity index is 1.76. The molecule has 0 aliphatic heterocycles. The maximum Gasteiger partial charge on any atom is 0.136 e. The fraction of sp³-hybridized carbons (Fsp3) is 0.0370. The lowest BCUT2D eigenvalue weighted by atomic mass is 9.89. The van der Waals surface area contributed by atoms with Crippen LogP contribution in [0.4, 0.5) is 0 Å². The van der Waals surface area contributed by atoms with Crippen molar-refractivity contribution in [3.63, 3.8) is 0 Å². The normalized spacial score (nSPS) is 11.8. The molecular formula is C27H18O. The van der Waals surface area contributed by atoms with Gasteiger partial charge in [0.25, 0.3) is 0 Å². The van der Waals surface area contributed by atoms with Crippen LogP contribution in [-0.4, -0.2) is 0 Å². The molecular weight excluding hydrogens is 340 g/mol. The number of hydrogen-bond donors (Lipinski definition) is 0. The van der Waals surface area contributed by atoms with E-state index in [0.717, 1.165) is 11.2 Å². The van der Waals surface area contributed by atoms with Crippen LogP contribution in [0.5, 0.6) is 0 Å². The molecule has 0 spiro atoms. The topological polar surface area (TPSA) is 13.1 Å². The van der Waals surface area contributed by atoms with Gasteiger partial charge in [-0.3, -0.25) is 0 Å². The SMILES string of the molecule is Cc1c2ccccc2c(-c2ccc3c(c2)oc2ccccc23)c2ccccc12. The highest BCUT2D eigenvalue weighted by atomic mass is 16.3. The van der Waals surface area contributed by atoms with Gasteiger partial charge >= 0.3 is 0 Å². The standard InChI is InChI=1S/C27H18O/c1-17-19-8-2-4-11-23(19)27(24-12-5-3-9-20(17)24)18-14-15-22-21-10-6-7-13-25(21)28-26(22)16-18/h2-16H,1H3. The summed E-state index contributed by atoms with van der Waals surface area (Å²) in [6.45, 7) is 2.22. The number of hydrogen-bond acceptors (Lipinski definition) is 1. The zero-order chi connectivity index (χ0) is 18.7. The highest BCUT2D eigenvalue weighted by Crippen LogP contribution is 2.40. The van der Waals surface area contributed by atoms with E-state index in [2.05, 4.69) is 85.8 Å². The second-order valence-electron chi connectivity index (χ2n) is 7.40. The number of benzene rings is 5. The summed E-state index contributed by atoms with van der Waals surface area (Å²) in [6.07, 6.45) is 0. The lowest BCUT2D eigenvalue weighted by Crippen LogP contribution is -1.89. The average Bonchev–Trinajstić information content (AvgIpc) is 3.12. The van der Waals surface area contributed by atoms with E-state index in [-0.39, 0.29) is 0 Å². The second kappa shape index (κ2) is 5.71. The van der Waals surface area contributed by atoms with Gasteiger partial charge in [-0.15, -0.1) is 0 Å². The molecule has 6 aromatic rings. The zero-order valence-electron chi connectivity index (χ0n) is 15.6. The summed E-state index contributed by atoms with van der Waals surface area (Å²) in [5, 5.41) is 7.52. The predicted octanol–water partition coefficient (Wildman–Crippen LogP) is 7.87. The van der Waals surface area contributed by atoms with Crippen LogP contribution < -0.4 is 0 Å². The van der Waals surface area contributed by atoms with Crippen molar-refractivity contribution in [2.45, 2.75) is 6.92 Å². The lowest BCUT2D eigenvalue weighted by Gasteiger charge is -2.15. The van der Waals surface area contributed by atoms with E-state index in [0.29, 0.717) is 0 Å². The maximum absolute atomic E-state index is 6.16. The fourth-order valence-corrected chi connectivity index (χ4v) is 4.54. The van der Waals surface area contributed by atoms with Crippen molar-refractivity contribution in [1.29, 1.82) is 0 Å². The first-order chi connectivity index (χ1) is 13.8. The molecule has 0 radical (unpaired) electrons. The molecule has 0 bridgehead atoms. The first-order valence-corrected chi connectivity index (χ1v) is 9.63. The van der Waals surface area contributed by atoms with E-state index in [4.69, 9.17) is 4.42 Å². The zero-order valence-corrected chi connectivity index (χ0v) is 15.6. The Morgan fingerprint density at radius 2 is 1.04 bits per heavy atom. The van der Waals surface area contributed by atoms with Gasteiger partial charge in [0.1, 0.15) is 11.2 Å². The molecule has 1 heterocycles. The summed E-state index contributed by atoms with van der Waals surface area (Å²) in [5.41, 5.74) is 5.68. The summed E-state index contributed by atoms with van der Waals surface area (Å²) < 4.78 is 6.16. The summed E-state index contributed by atoms with van der Waals surface area (Å²) in [7, 11) is 0. The molecule has 0 unspecified atom stereocenters. The Morgan fingerprint density at radius 1 is 0.500 bits per heavy atom. The number of fused-ring (bicyclic) bond motifs is 5. The Labute approximate surface area is 162 Å². The van der Waals surface area contributed by atoms with Gasteiger partial charge < -0.3 is 4.42 Å². The van der Waals surface area contributed by atoms with Gasteiger partial charge in [0.2, 0.25) is 0 Å². The molecule has 1 nitrogen and oxygen atoms in total. The predicted molar refractivity (Wildman–Crippen MR) is 119 cm³/mol. The third kappa shape index (κ3) is 2.07. The molecule has 132 valence electrons. The minimum atomic E-state index is 0.937. The molecule has 1 heteroatoms. The number of aryl methyl sites for hydroxylation is 1. The maximum atomic E-state index is 6.16. The largest absolute Gasteiger partial charge is 0.456 e. The van der Waals surface area contributed by atoms with Crippen LogP contribution in [0.15, 0.2) is 95.4 Å². The van der Waals surface area contributed by atoms with Crippen LogP contribution in [0.1, 0.15) is 5.56 Å². The van der Waals surface area contributed by atoms with Gasteiger partial charge in [0, 0.05) is 10.8 Å². The van der Waals surface area contributed by atoms with Gasteiger partial charge in [-0.1, -0.05) is 72.8 Å². The summed E-state index contributed by atoms with van der Waals surface area (Å²) >= 11 is 0. The molecule has 0 aliphatic rings. The third-order valence-electron chi connectivity index (χ3n) is 5.87. The van der Waals surface area contributed by atoms with E-state index in [1.165, 1.54) is 49.0 Å². The molecule has 1 aromatic heterocycles. The van der Waals surface area contributed by atoms with Crippen LogP contribution >= 0.6 is 0 Å². The van der Waals surface area contributed by atoms with Crippen molar-refractivity contribution in [1.82, 2.24) is 0 Å². The van der Waals surface area contributed by atoms with Gasteiger partial charge in [-0.2, -0.15) is 0 Å². The summed E-state index contributed by atoms with van der Waals surface area (Å²) in [5.74, 6) is 0. The van der Waals surface area contributed by atoms with Crippen molar-refractivity contribution in [3.8, 4) is 11.1 Å². The molecule has 5 aromatic carbocycles. The van der Waals surface area contributed by atoms with E-state index < -0.39 is 0 Å². The lowest BCUT2D eigenvalue weighted by molar-refractivity contribution is 0.669. The Bertz CT molecular complexity index is 1460. The molecule has 0 atom stereocenters. The fourth-order valence-electron chi connectivity index (χ4n) is 4.54. The first-order valence-electron chi connectivity index (χ1n) is 9.63. The van der Waals surface area contributed by atoms with Crippen molar-refractivity contribution in [3.05, 3.63) is 96.6 Å². The van der Waals surface area contributed by atoms with E-state index in [9.17, 15) is 0 Å². The number of para-hydroxylation sites is 1. The van der Waals surface area contributed by atoms with Gasteiger partial charge in [0.15, 0.2) is 0 Å². The molecule has 0 N–H and O–H groups in total. The van der Waals surface area contributed by atoms with Crippen molar-refractivity contribution in [2.24, 2.45) is 0 Å². The first kappa shape index (κ1) is 15.5. The van der Waals surface area contributed by atoms with E-state index in [1.807, 2.05) is 12.1 Å². The molecule has 6 rings (SSSR count). The van der Waals surface area contributed by atoms with Gasteiger partial charge in [-0.05, 0) is 63.4 Å². The van der Waals surface area contributed by atoms with Crippen LogP contribution in [0.2, 0.25) is 0 Å². The number of furan rings is 1. The molecule has 0 saturated carbocycles. The molecule has 0 amide bonds. The van der Waals surface area contributed by atoms with Crippen LogP contribution in [0.3, 0.4) is 0 Å².